The highest BCUT2D eigenvalue weighted by molar-refractivity contribution is 6.13. The Balaban J connectivity index is 1.19. The molecule has 0 saturated carbocycles. The molecule has 8 aromatic carbocycles. The molecule has 0 bridgehead atoms. The van der Waals surface area contributed by atoms with E-state index in [0.717, 1.165) is 55.0 Å². The van der Waals surface area contributed by atoms with Gasteiger partial charge >= 0.3 is 0 Å². The molecule has 3 heteroatoms. The van der Waals surface area contributed by atoms with Crippen LogP contribution in [-0.4, -0.2) is 13.7 Å². The maximum absolute atomic E-state index is 9.38. The zero-order valence-corrected chi connectivity index (χ0v) is 27.0. The molecule has 0 amide bonds. The molecule has 0 spiro atoms. The molecule has 0 aliphatic rings. The number of benzene rings is 8. The molecule has 0 aliphatic carbocycles. The summed E-state index contributed by atoms with van der Waals surface area (Å²) in [5, 5.41) is 6.17. The minimum absolute atomic E-state index is 0.0136. The first-order valence-corrected chi connectivity index (χ1v) is 16.8. The Hall–Kier alpha value is -6.84. The van der Waals surface area contributed by atoms with Crippen LogP contribution in [0.1, 0.15) is 12.3 Å². The van der Waals surface area contributed by atoms with E-state index in [4.69, 9.17) is 6.85 Å². The van der Waals surface area contributed by atoms with E-state index >= 15 is 0 Å². The molecule has 11 aromatic rings. The Morgan fingerprint density at radius 3 is 1.10 bits per heavy atom. The van der Waals surface area contributed by atoms with Gasteiger partial charge in [0.05, 0.1) is 45.4 Å². The average Bonchev–Trinajstić information content (AvgIpc) is 3.91. The van der Waals surface area contributed by atoms with Crippen molar-refractivity contribution in [2.75, 3.05) is 0 Å². The van der Waals surface area contributed by atoms with Crippen molar-refractivity contribution >= 4 is 65.4 Å². The van der Waals surface area contributed by atoms with Gasteiger partial charge in [-0.25, -0.2) is 0 Å². The standard InChI is InChI=1S/C48H31N3/c1-2-12-32(13-3-1)33-22-24-34(25-23-33)49-43-18-8-6-16-39(43)41-29-27-36(31-47(41)49)51-46-21-11-7-17-40(46)42-28-26-35(30-48(42)51)50-44-19-9-4-14-37(44)38-15-5-10-20-45(38)50/h1-31H/i1D,2D,3D,12D,13D,22D,23D,24D,25D. The zero-order chi connectivity index (χ0) is 41.3. The van der Waals surface area contributed by atoms with Gasteiger partial charge < -0.3 is 13.7 Å². The summed E-state index contributed by atoms with van der Waals surface area (Å²) in [6.07, 6.45) is 0. The van der Waals surface area contributed by atoms with Crippen molar-refractivity contribution in [3.05, 3.63) is 188 Å². The fourth-order valence-corrected chi connectivity index (χ4v) is 7.83. The summed E-state index contributed by atoms with van der Waals surface area (Å²) in [6, 6.07) is 40.5. The highest BCUT2D eigenvalue weighted by atomic mass is 15.0. The molecule has 51 heavy (non-hydrogen) atoms. The van der Waals surface area contributed by atoms with E-state index in [1.807, 2.05) is 48.5 Å². The van der Waals surface area contributed by atoms with Crippen molar-refractivity contribution in [1.29, 1.82) is 0 Å². The molecule has 3 nitrogen and oxygen atoms in total. The molecule has 238 valence electrons. The third-order valence-corrected chi connectivity index (χ3v) is 10.00. The number of rotatable bonds is 4. The van der Waals surface area contributed by atoms with Crippen molar-refractivity contribution in [2.45, 2.75) is 0 Å². The summed E-state index contributed by atoms with van der Waals surface area (Å²) in [7, 11) is 0. The summed E-state index contributed by atoms with van der Waals surface area (Å²) in [6.45, 7) is 0. The lowest BCUT2D eigenvalue weighted by Gasteiger charge is -2.13. The van der Waals surface area contributed by atoms with Crippen molar-refractivity contribution in [1.82, 2.24) is 13.7 Å². The Bertz CT molecular complexity index is 3560. The van der Waals surface area contributed by atoms with Gasteiger partial charge in [0.25, 0.3) is 0 Å². The minimum atomic E-state index is -0.617. The third-order valence-electron chi connectivity index (χ3n) is 10.00. The lowest BCUT2D eigenvalue weighted by Crippen LogP contribution is -1.98. The van der Waals surface area contributed by atoms with Gasteiger partial charge in [-0.15, -0.1) is 0 Å². The molecule has 0 atom stereocenters. The van der Waals surface area contributed by atoms with Gasteiger partial charge in [-0.05, 0) is 71.7 Å². The van der Waals surface area contributed by atoms with Gasteiger partial charge in [0.15, 0.2) is 0 Å². The largest absolute Gasteiger partial charge is 0.309 e. The van der Waals surface area contributed by atoms with E-state index in [1.165, 1.54) is 10.8 Å². The second-order valence-electron chi connectivity index (χ2n) is 12.7. The highest BCUT2D eigenvalue weighted by Gasteiger charge is 2.18. The summed E-state index contributed by atoms with van der Waals surface area (Å²) in [5.41, 5.74) is 6.56. The van der Waals surface area contributed by atoms with Gasteiger partial charge in [-0.3, -0.25) is 0 Å². The van der Waals surface area contributed by atoms with E-state index in [1.54, 1.807) is 4.57 Å². The van der Waals surface area contributed by atoms with E-state index in [0.29, 0.717) is 11.0 Å². The molecule has 0 saturated heterocycles. The topological polar surface area (TPSA) is 14.8 Å². The number of hydrogen-bond acceptors (Lipinski definition) is 0. The first kappa shape index (κ1) is 20.6. The van der Waals surface area contributed by atoms with E-state index in [2.05, 4.69) is 94.1 Å². The predicted octanol–water partition coefficient (Wildman–Crippen LogP) is 12.6. The summed E-state index contributed by atoms with van der Waals surface area (Å²) >= 11 is 0. The first-order valence-electron chi connectivity index (χ1n) is 21.3. The van der Waals surface area contributed by atoms with Gasteiger partial charge in [-0.2, -0.15) is 0 Å². The minimum Gasteiger partial charge on any atom is -0.309 e. The zero-order valence-electron chi connectivity index (χ0n) is 36.0. The monoisotopic (exact) mass is 658 g/mol. The van der Waals surface area contributed by atoms with Crippen LogP contribution in [0.3, 0.4) is 0 Å². The van der Waals surface area contributed by atoms with Gasteiger partial charge in [0.2, 0.25) is 0 Å². The normalized spacial score (nSPS) is 14.4. The molecule has 0 aliphatic heterocycles. The Morgan fingerprint density at radius 1 is 0.294 bits per heavy atom. The molecular formula is C48H31N3. The maximum atomic E-state index is 9.38. The lowest BCUT2D eigenvalue weighted by atomic mass is 10.1. The van der Waals surface area contributed by atoms with Crippen LogP contribution < -0.4 is 0 Å². The molecule has 11 rings (SSSR count). The number of fused-ring (bicyclic) bond motifs is 9. The molecular weight excluding hydrogens is 619 g/mol. The molecule has 3 aromatic heterocycles. The number of para-hydroxylation sites is 4. The van der Waals surface area contributed by atoms with Crippen molar-refractivity contribution < 1.29 is 12.3 Å². The van der Waals surface area contributed by atoms with Crippen LogP contribution in [0.25, 0.3) is 93.6 Å². The van der Waals surface area contributed by atoms with Gasteiger partial charge in [-0.1, -0.05) is 127 Å². The van der Waals surface area contributed by atoms with E-state index in [9.17, 15) is 5.48 Å². The third kappa shape index (κ3) is 4.12. The smallest absolute Gasteiger partial charge is 0.0645 e. The predicted molar refractivity (Wildman–Crippen MR) is 215 cm³/mol. The second kappa shape index (κ2) is 10.8. The average molecular weight is 659 g/mol. The first-order chi connectivity index (χ1) is 29.1. The number of hydrogen-bond donors (Lipinski definition) is 0. The molecule has 3 heterocycles. The molecule has 0 N–H and O–H groups in total. The fraction of sp³-hybridized carbons (Fsp3) is 0. The van der Waals surface area contributed by atoms with Crippen molar-refractivity contribution in [3.63, 3.8) is 0 Å². The molecule has 0 radical (unpaired) electrons. The van der Waals surface area contributed by atoms with Crippen molar-refractivity contribution in [3.8, 4) is 28.2 Å². The van der Waals surface area contributed by atoms with Crippen LogP contribution in [0, 0.1) is 0 Å². The summed E-state index contributed by atoms with van der Waals surface area (Å²) in [4.78, 5) is 0. The summed E-state index contributed by atoms with van der Waals surface area (Å²) in [5.74, 6) is 0. The van der Waals surface area contributed by atoms with Crippen LogP contribution in [0.5, 0.6) is 0 Å². The van der Waals surface area contributed by atoms with Crippen LogP contribution in [0.2, 0.25) is 0 Å². The number of aromatic nitrogens is 3. The number of nitrogens with zero attached hydrogens (tertiary/aromatic N) is 3. The quantitative estimate of drug-likeness (QED) is 0.179. The Labute approximate surface area is 307 Å². The maximum Gasteiger partial charge on any atom is 0.0645 e. The van der Waals surface area contributed by atoms with Crippen molar-refractivity contribution in [2.24, 2.45) is 0 Å². The van der Waals surface area contributed by atoms with Gasteiger partial charge in [0.1, 0.15) is 0 Å². The Kier molecular flexibility index (Phi) is 4.38. The van der Waals surface area contributed by atoms with E-state index in [-0.39, 0.29) is 16.8 Å². The SMILES string of the molecule is [2H]c1c([2H])c([2H])c(-c2c([2H])c([2H])c(-n3c4ccccc4c4ccc(-n5c6ccccc6c6ccc(-n7c8ccccc8c8ccccc87)cc65)cc43)c([2H])c2[2H])c([2H])c1[2H]. The van der Waals surface area contributed by atoms with Gasteiger partial charge in [0, 0.05) is 49.4 Å². The molecule has 0 unspecified atom stereocenters. The molecule has 0 fully saturated rings. The van der Waals surface area contributed by atoms with Crippen LogP contribution >= 0.6 is 0 Å². The second-order valence-corrected chi connectivity index (χ2v) is 12.7. The summed E-state index contributed by atoms with van der Waals surface area (Å²) < 4.78 is 85.1. The Morgan fingerprint density at radius 2 is 0.647 bits per heavy atom. The highest BCUT2D eigenvalue weighted by Crippen LogP contribution is 2.39. The van der Waals surface area contributed by atoms with E-state index < -0.39 is 54.4 Å². The fourth-order valence-electron chi connectivity index (χ4n) is 7.83. The van der Waals surface area contributed by atoms with Crippen LogP contribution in [-0.2, 0) is 0 Å². The van der Waals surface area contributed by atoms with Crippen LogP contribution in [0.4, 0.5) is 0 Å². The van der Waals surface area contributed by atoms with Crippen LogP contribution in [0.15, 0.2) is 188 Å². The lowest BCUT2D eigenvalue weighted by molar-refractivity contribution is 1.14.